The summed E-state index contributed by atoms with van der Waals surface area (Å²) >= 11 is 5.92. The van der Waals surface area contributed by atoms with Crippen LogP contribution in [-0.2, 0) is 21.1 Å². The van der Waals surface area contributed by atoms with Crippen molar-refractivity contribution < 1.29 is 17.6 Å². The van der Waals surface area contributed by atoms with Gasteiger partial charge in [0.25, 0.3) is 5.91 Å². The van der Waals surface area contributed by atoms with Crippen LogP contribution in [0, 0.1) is 5.82 Å². The van der Waals surface area contributed by atoms with Gasteiger partial charge in [-0.3, -0.25) is 10.2 Å². The Morgan fingerprint density at radius 1 is 1.00 bits per heavy atom. The van der Waals surface area contributed by atoms with E-state index < -0.39 is 26.3 Å². The molecule has 32 heavy (non-hydrogen) atoms. The Bertz CT molecular complexity index is 1300. The molecule has 164 valence electrons. The maximum absolute atomic E-state index is 14.0. The number of hydrogen-bond donors (Lipinski definition) is 1. The fraction of sp³-hybridized carbons (Fsp3) is 0.125. The quantitative estimate of drug-likeness (QED) is 0.600. The molecule has 1 aliphatic heterocycles. The number of anilines is 1. The predicted molar refractivity (Wildman–Crippen MR) is 124 cm³/mol. The van der Waals surface area contributed by atoms with Gasteiger partial charge in [-0.1, -0.05) is 72.3 Å². The van der Waals surface area contributed by atoms with Gasteiger partial charge in [0, 0.05) is 24.4 Å². The van der Waals surface area contributed by atoms with Crippen molar-refractivity contribution in [3.63, 3.8) is 0 Å². The third-order valence-corrected chi connectivity index (χ3v) is 7.59. The first-order chi connectivity index (χ1) is 15.2. The summed E-state index contributed by atoms with van der Waals surface area (Å²) < 4.78 is 38.6. The number of sulfone groups is 1. The van der Waals surface area contributed by atoms with Crippen molar-refractivity contribution in [3.8, 4) is 0 Å². The van der Waals surface area contributed by atoms with Gasteiger partial charge < -0.3 is 0 Å². The minimum absolute atomic E-state index is 0.0701. The molecule has 0 aliphatic carbocycles. The maximum Gasteiger partial charge on any atom is 0.272 e. The number of carbonyl (C=O) groups is 1. The van der Waals surface area contributed by atoms with Crippen molar-refractivity contribution in [1.82, 2.24) is 5.43 Å². The first-order valence-electron chi connectivity index (χ1n) is 9.79. The van der Waals surface area contributed by atoms with Crippen molar-refractivity contribution in [3.05, 3.63) is 107 Å². The number of hydrazine groups is 1. The summed E-state index contributed by atoms with van der Waals surface area (Å²) in [6, 6.07) is 21.6. The van der Waals surface area contributed by atoms with Crippen molar-refractivity contribution in [2.75, 3.05) is 11.3 Å². The number of rotatable bonds is 5. The van der Waals surface area contributed by atoms with Crippen LogP contribution in [-0.4, -0.2) is 25.3 Å². The Morgan fingerprint density at radius 3 is 2.22 bits per heavy atom. The number of carbonyl (C=O) groups excluding carboxylic acids is 1. The van der Waals surface area contributed by atoms with E-state index in [2.05, 4.69) is 5.43 Å². The highest BCUT2D eigenvalue weighted by Crippen LogP contribution is 2.41. The van der Waals surface area contributed by atoms with Gasteiger partial charge in [0.2, 0.25) is 0 Å². The molecule has 1 N–H and O–H groups in total. The molecule has 0 aromatic heterocycles. The molecule has 8 heteroatoms. The first-order valence-corrected chi connectivity index (χ1v) is 12.1. The summed E-state index contributed by atoms with van der Waals surface area (Å²) in [5.74, 6) is -1.34. The van der Waals surface area contributed by atoms with E-state index in [4.69, 9.17) is 11.6 Å². The summed E-state index contributed by atoms with van der Waals surface area (Å²) in [4.78, 5) is 14.0. The van der Waals surface area contributed by atoms with Crippen LogP contribution < -0.4 is 10.4 Å². The summed E-state index contributed by atoms with van der Waals surface area (Å²) in [6.07, 6.45) is 2.50. The molecule has 0 fully saturated rings. The Balaban J connectivity index is 1.95. The number of nitrogens with zero attached hydrogens (tertiary/aromatic N) is 1. The zero-order valence-corrected chi connectivity index (χ0v) is 18.7. The van der Waals surface area contributed by atoms with Gasteiger partial charge in [0.1, 0.15) is 5.82 Å². The lowest BCUT2D eigenvalue weighted by molar-refractivity contribution is -0.120. The van der Waals surface area contributed by atoms with Gasteiger partial charge in [-0.15, -0.1) is 0 Å². The standard InChI is InChI=1S/C24H20ClFN2O3S/c1-32(30,31)24(15-17-8-4-2-5-9-17)20(18-10-6-3-7-11-18)16-27-28(23(24)29)19-12-13-22(26)21(25)14-19/h2-14,16,27H,15H2,1H3. The second kappa shape index (κ2) is 8.41. The predicted octanol–water partition coefficient (Wildman–Crippen LogP) is 4.40. The highest BCUT2D eigenvalue weighted by atomic mass is 35.5. The monoisotopic (exact) mass is 470 g/mol. The van der Waals surface area contributed by atoms with Crippen molar-refractivity contribution in [2.24, 2.45) is 0 Å². The summed E-state index contributed by atoms with van der Waals surface area (Å²) in [5, 5.41) is 0.921. The van der Waals surface area contributed by atoms with E-state index in [9.17, 15) is 17.6 Å². The summed E-state index contributed by atoms with van der Waals surface area (Å²) in [5.41, 5.74) is 4.72. The highest BCUT2D eigenvalue weighted by molar-refractivity contribution is 7.93. The largest absolute Gasteiger partial charge is 0.298 e. The molecule has 3 aromatic carbocycles. The Kier molecular flexibility index (Phi) is 5.79. The normalized spacial score (nSPS) is 18.8. The second-order valence-corrected chi connectivity index (χ2v) is 10.2. The summed E-state index contributed by atoms with van der Waals surface area (Å²) in [6.45, 7) is 0. The minimum Gasteiger partial charge on any atom is -0.298 e. The summed E-state index contributed by atoms with van der Waals surface area (Å²) in [7, 11) is -4.00. The van der Waals surface area contributed by atoms with E-state index in [-0.39, 0.29) is 17.1 Å². The molecule has 1 heterocycles. The molecule has 4 rings (SSSR count). The van der Waals surface area contributed by atoms with E-state index in [1.807, 2.05) is 12.1 Å². The van der Waals surface area contributed by atoms with Crippen molar-refractivity contribution in [2.45, 2.75) is 11.2 Å². The van der Waals surface area contributed by atoms with E-state index in [0.29, 0.717) is 16.7 Å². The highest BCUT2D eigenvalue weighted by Gasteiger charge is 2.55. The molecule has 0 spiro atoms. The van der Waals surface area contributed by atoms with E-state index in [0.717, 1.165) is 17.3 Å². The van der Waals surface area contributed by atoms with Crippen LogP contribution in [0.3, 0.4) is 0 Å². The molecule has 0 bridgehead atoms. The average molecular weight is 471 g/mol. The number of hydrogen-bond acceptors (Lipinski definition) is 4. The number of amides is 1. The fourth-order valence-electron chi connectivity index (χ4n) is 3.89. The number of halogens is 2. The lowest BCUT2D eigenvalue weighted by Crippen LogP contribution is -2.62. The molecular weight excluding hydrogens is 451 g/mol. The van der Waals surface area contributed by atoms with Crippen molar-refractivity contribution in [1.29, 1.82) is 0 Å². The molecule has 5 nitrogen and oxygen atoms in total. The molecule has 1 amide bonds. The maximum atomic E-state index is 14.0. The van der Waals surface area contributed by atoms with Gasteiger partial charge in [-0.05, 0) is 29.3 Å². The van der Waals surface area contributed by atoms with Crippen LogP contribution in [0.2, 0.25) is 5.02 Å². The molecule has 1 atom stereocenters. The molecular formula is C24H20ClFN2O3S. The number of benzene rings is 3. The van der Waals surface area contributed by atoms with Crippen LogP contribution in [0.25, 0.3) is 5.57 Å². The smallest absolute Gasteiger partial charge is 0.272 e. The Morgan fingerprint density at radius 2 is 1.62 bits per heavy atom. The Hall–Kier alpha value is -3.16. The van der Waals surface area contributed by atoms with E-state index >= 15 is 0 Å². The molecule has 0 saturated heterocycles. The van der Waals surface area contributed by atoms with Crippen LogP contribution >= 0.6 is 11.6 Å². The van der Waals surface area contributed by atoms with Gasteiger partial charge in [0.15, 0.2) is 14.6 Å². The van der Waals surface area contributed by atoms with Crippen LogP contribution in [0.1, 0.15) is 11.1 Å². The van der Waals surface area contributed by atoms with Gasteiger partial charge in [-0.25, -0.2) is 17.8 Å². The molecule has 0 saturated carbocycles. The zero-order chi connectivity index (χ0) is 22.9. The average Bonchev–Trinajstić information content (AvgIpc) is 2.77. The van der Waals surface area contributed by atoms with Crippen molar-refractivity contribution >= 4 is 38.6 Å². The lowest BCUT2D eigenvalue weighted by atomic mass is 9.85. The van der Waals surface area contributed by atoms with E-state index in [1.54, 1.807) is 48.5 Å². The fourth-order valence-corrected chi connectivity index (χ4v) is 5.48. The van der Waals surface area contributed by atoms with Crippen LogP contribution in [0.4, 0.5) is 10.1 Å². The topological polar surface area (TPSA) is 66.5 Å². The third-order valence-electron chi connectivity index (χ3n) is 5.50. The SMILES string of the molecule is CS(=O)(=O)C1(Cc2ccccc2)C(=O)N(c2ccc(F)c(Cl)c2)NC=C1c1ccccc1. The van der Waals surface area contributed by atoms with E-state index in [1.165, 1.54) is 18.3 Å². The minimum atomic E-state index is -4.00. The molecule has 1 aliphatic rings. The van der Waals surface area contributed by atoms with Gasteiger partial charge >= 0.3 is 0 Å². The Labute approximate surface area is 191 Å². The van der Waals surface area contributed by atoms with Gasteiger partial charge in [0.05, 0.1) is 10.7 Å². The number of nitrogens with one attached hydrogen (secondary N) is 1. The first kappa shape index (κ1) is 22.0. The van der Waals surface area contributed by atoms with Crippen LogP contribution in [0.5, 0.6) is 0 Å². The third kappa shape index (κ3) is 3.78. The van der Waals surface area contributed by atoms with Gasteiger partial charge in [-0.2, -0.15) is 0 Å². The molecule has 1 unspecified atom stereocenters. The molecule has 3 aromatic rings. The molecule has 0 radical (unpaired) electrons. The lowest BCUT2D eigenvalue weighted by Gasteiger charge is -2.41. The second-order valence-electron chi connectivity index (χ2n) is 7.55. The zero-order valence-electron chi connectivity index (χ0n) is 17.1. The van der Waals surface area contributed by atoms with Crippen LogP contribution in [0.15, 0.2) is 85.1 Å².